The standard InChI is InChI=1S/C11H20N4O3/c1-15-3-4-17-9(6-15)11-13-10(18-14-11)5-8(12)7-16-2/h8-9H,3-7,12H2,1-2H3. The first kappa shape index (κ1) is 13.4. The van der Waals surface area contributed by atoms with Crippen LogP contribution in [0.3, 0.4) is 0 Å². The van der Waals surface area contributed by atoms with Gasteiger partial charge in [-0.2, -0.15) is 4.98 Å². The van der Waals surface area contributed by atoms with E-state index >= 15 is 0 Å². The summed E-state index contributed by atoms with van der Waals surface area (Å²) in [4.78, 5) is 6.51. The molecule has 0 spiro atoms. The number of morpholine rings is 1. The van der Waals surface area contributed by atoms with Crippen molar-refractivity contribution in [2.45, 2.75) is 18.6 Å². The summed E-state index contributed by atoms with van der Waals surface area (Å²) in [5.74, 6) is 1.13. The van der Waals surface area contributed by atoms with Gasteiger partial charge in [-0.1, -0.05) is 5.16 Å². The summed E-state index contributed by atoms with van der Waals surface area (Å²) >= 11 is 0. The number of rotatable bonds is 5. The summed E-state index contributed by atoms with van der Waals surface area (Å²) in [7, 11) is 3.66. The van der Waals surface area contributed by atoms with Crippen LogP contribution in [-0.4, -0.2) is 61.5 Å². The van der Waals surface area contributed by atoms with Crippen molar-refractivity contribution in [3.05, 3.63) is 11.7 Å². The SMILES string of the molecule is COCC(N)Cc1nc(C2CN(C)CCO2)no1. The second-order valence-electron chi connectivity index (χ2n) is 4.59. The van der Waals surface area contributed by atoms with E-state index < -0.39 is 0 Å². The van der Waals surface area contributed by atoms with Crippen molar-refractivity contribution >= 4 is 0 Å². The van der Waals surface area contributed by atoms with Gasteiger partial charge in [0.15, 0.2) is 0 Å². The first-order valence-corrected chi connectivity index (χ1v) is 6.06. The van der Waals surface area contributed by atoms with Gasteiger partial charge in [-0.05, 0) is 7.05 Å². The second kappa shape index (κ2) is 6.24. The molecule has 0 bridgehead atoms. The monoisotopic (exact) mass is 256 g/mol. The molecule has 7 heteroatoms. The Bertz CT molecular complexity index is 371. The van der Waals surface area contributed by atoms with Crippen molar-refractivity contribution in [2.24, 2.45) is 5.73 Å². The topological polar surface area (TPSA) is 86.6 Å². The Morgan fingerprint density at radius 2 is 2.44 bits per heavy atom. The van der Waals surface area contributed by atoms with E-state index in [1.807, 2.05) is 7.05 Å². The fourth-order valence-electron chi connectivity index (χ4n) is 1.91. The summed E-state index contributed by atoms with van der Waals surface area (Å²) < 4.78 is 15.8. The highest BCUT2D eigenvalue weighted by atomic mass is 16.5. The predicted molar refractivity (Wildman–Crippen MR) is 64.0 cm³/mol. The Labute approximate surface area is 106 Å². The molecule has 2 heterocycles. The first-order chi connectivity index (χ1) is 8.69. The van der Waals surface area contributed by atoms with Gasteiger partial charge in [0.2, 0.25) is 11.7 Å². The summed E-state index contributed by atoms with van der Waals surface area (Å²) in [6.07, 6.45) is 0.406. The van der Waals surface area contributed by atoms with Crippen LogP contribution in [0.2, 0.25) is 0 Å². The zero-order chi connectivity index (χ0) is 13.0. The maximum Gasteiger partial charge on any atom is 0.228 e. The molecule has 0 saturated carbocycles. The molecule has 2 unspecified atom stereocenters. The van der Waals surface area contributed by atoms with Gasteiger partial charge in [0.05, 0.1) is 13.2 Å². The average molecular weight is 256 g/mol. The molecule has 1 aliphatic rings. The van der Waals surface area contributed by atoms with E-state index in [0.717, 1.165) is 13.1 Å². The summed E-state index contributed by atoms with van der Waals surface area (Å²) in [6.45, 7) is 2.87. The van der Waals surface area contributed by atoms with Gasteiger partial charge in [-0.25, -0.2) is 0 Å². The van der Waals surface area contributed by atoms with Crippen molar-refractivity contribution in [2.75, 3.05) is 40.5 Å². The van der Waals surface area contributed by atoms with Gasteiger partial charge < -0.3 is 24.6 Å². The Balaban J connectivity index is 1.92. The van der Waals surface area contributed by atoms with Crippen LogP contribution >= 0.6 is 0 Å². The van der Waals surface area contributed by atoms with Crippen molar-refractivity contribution in [3.63, 3.8) is 0 Å². The third-order valence-electron chi connectivity index (χ3n) is 2.86. The third kappa shape index (κ3) is 3.49. The smallest absolute Gasteiger partial charge is 0.228 e. The van der Waals surface area contributed by atoms with E-state index in [1.54, 1.807) is 7.11 Å². The molecule has 2 rings (SSSR count). The third-order valence-corrected chi connectivity index (χ3v) is 2.86. The van der Waals surface area contributed by atoms with Crippen LogP contribution in [0.15, 0.2) is 4.52 Å². The number of nitrogens with zero attached hydrogens (tertiary/aromatic N) is 3. The van der Waals surface area contributed by atoms with Crippen LogP contribution in [-0.2, 0) is 15.9 Å². The summed E-state index contributed by atoms with van der Waals surface area (Å²) in [5.41, 5.74) is 5.83. The Hall–Kier alpha value is -1.02. The number of ether oxygens (including phenoxy) is 2. The highest BCUT2D eigenvalue weighted by molar-refractivity contribution is 4.95. The highest BCUT2D eigenvalue weighted by Crippen LogP contribution is 2.18. The number of hydrogen-bond donors (Lipinski definition) is 1. The minimum absolute atomic E-state index is 0.111. The normalized spacial score (nSPS) is 23.2. The van der Waals surface area contributed by atoms with E-state index in [9.17, 15) is 0 Å². The second-order valence-corrected chi connectivity index (χ2v) is 4.59. The van der Waals surface area contributed by atoms with Crippen LogP contribution in [0.5, 0.6) is 0 Å². The largest absolute Gasteiger partial charge is 0.383 e. The van der Waals surface area contributed by atoms with Gasteiger partial charge in [-0.3, -0.25) is 0 Å². The lowest BCUT2D eigenvalue weighted by atomic mass is 10.2. The molecule has 0 aromatic carbocycles. The lowest BCUT2D eigenvalue weighted by Gasteiger charge is -2.27. The van der Waals surface area contributed by atoms with Crippen molar-refractivity contribution in [3.8, 4) is 0 Å². The molecule has 2 atom stereocenters. The minimum atomic E-state index is -0.127. The molecule has 1 aliphatic heterocycles. The maximum absolute atomic E-state index is 5.83. The lowest BCUT2D eigenvalue weighted by molar-refractivity contribution is -0.0264. The highest BCUT2D eigenvalue weighted by Gasteiger charge is 2.24. The number of likely N-dealkylation sites (N-methyl/N-ethyl adjacent to an activating group) is 1. The molecule has 7 nitrogen and oxygen atoms in total. The molecule has 1 saturated heterocycles. The van der Waals surface area contributed by atoms with Crippen molar-refractivity contribution < 1.29 is 14.0 Å². The van der Waals surface area contributed by atoms with E-state index in [-0.39, 0.29) is 12.1 Å². The molecule has 0 aliphatic carbocycles. The fraction of sp³-hybridized carbons (Fsp3) is 0.818. The molecule has 102 valence electrons. The van der Waals surface area contributed by atoms with Crippen LogP contribution in [0.1, 0.15) is 17.8 Å². The fourth-order valence-corrected chi connectivity index (χ4v) is 1.91. The number of hydrogen-bond acceptors (Lipinski definition) is 7. The van der Waals surface area contributed by atoms with E-state index in [0.29, 0.717) is 31.3 Å². The van der Waals surface area contributed by atoms with Crippen molar-refractivity contribution in [1.29, 1.82) is 0 Å². The van der Waals surface area contributed by atoms with E-state index in [4.69, 9.17) is 19.7 Å². The van der Waals surface area contributed by atoms with Gasteiger partial charge >= 0.3 is 0 Å². The predicted octanol–water partition coefficient (Wildman–Crippen LogP) is -0.411. The van der Waals surface area contributed by atoms with Gasteiger partial charge in [0.1, 0.15) is 6.10 Å². The molecular formula is C11H20N4O3. The van der Waals surface area contributed by atoms with Crippen LogP contribution in [0.4, 0.5) is 0 Å². The Morgan fingerprint density at radius 1 is 1.61 bits per heavy atom. The average Bonchev–Trinajstić information content (AvgIpc) is 2.78. The van der Waals surface area contributed by atoms with E-state index in [1.165, 1.54) is 0 Å². The van der Waals surface area contributed by atoms with Crippen LogP contribution in [0, 0.1) is 0 Å². The van der Waals surface area contributed by atoms with E-state index in [2.05, 4.69) is 15.0 Å². The quantitative estimate of drug-likeness (QED) is 0.766. The number of methoxy groups -OCH3 is 1. The molecule has 1 aromatic heterocycles. The molecule has 18 heavy (non-hydrogen) atoms. The molecule has 2 N–H and O–H groups in total. The summed E-state index contributed by atoms with van der Waals surface area (Å²) in [5, 5.41) is 3.95. The lowest BCUT2D eigenvalue weighted by Crippen LogP contribution is -2.35. The van der Waals surface area contributed by atoms with Crippen LogP contribution in [0.25, 0.3) is 0 Å². The van der Waals surface area contributed by atoms with Crippen molar-refractivity contribution in [1.82, 2.24) is 15.0 Å². The zero-order valence-corrected chi connectivity index (χ0v) is 10.8. The molecule has 0 radical (unpaired) electrons. The number of nitrogens with two attached hydrogens (primary N) is 1. The first-order valence-electron chi connectivity index (χ1n) is 6.06. The molecule has 1 aromatic rings. The summed E-state index contributed by atoms with van der Waals surface area (Å²) in [6, 6.07) is -0.127. The van der Waals surface area contributed by atoms with Gasteiger partial charge in [0, 0.05) is 32.7 Å². The van der Waals surface area contributed by atoms with Gasteiger partial charge in [-0.15, -0.1) is 0 Å². The molecule has 1 fully saturated rings. The molecule has 0 amide bonds. The Morgan fingerprint density at radius 3 is 3.17 bits per heavy atom. The number of aromatic nitrogens is 2. The minimum Gasteiger partial charge on any atom is -0.383 e. The van der Waals surface area contributed by atoms with Gasteiger partial charge in [0.25, 0.3) is 0 Å². The Kier molecular flexibility index (Phi) is 4.65. The maximum atomic E-state index is 5.83. The van der Waals surface area contributed by atoms with Crippen LogP contribution < -0.4 is 5.73 Å². The molecular weight excluding hydrogens is 236 g/mol. The zero-order valence-electron chi connectivity index (χ0n) is 10.8.